The van der Waals surface area contributed by atoms with Gasteiger partial charge in [0.1, 0.15) is 12.4 Å². The van der Waals surface area contributed by atoms with E-state index in [0.717, 1.165) is 5.75 Å². The largest absolute Gasteiger partial charge is 0.489 e. The van der Waals surface area contributed by atoms with Crippen molar-refractivity contribution in [2.45, 2.75) is 6.92 Å². The molecule has 56 valence electrons. The minimum absolute atomic E-state index is 0.704. The van der Waals surface area contributed by atoms with E-state index in [9.17, 15) is 0 Å². The van der Waals surface area contributed by atoms with Crippen LogP contribution in [0, 0.1) is 6.92 Å². The van der Waals surface area contributed by atoms with Gasteiger partial charge in [-0.1, -0.05) is 17.7 Å². The first-order valence-electron chi connectivity index (χ1n) is 3.76. The van der Waals surface area contributed by atoms with Crippen LogP contribution in [0.15, 0.2) is 24.3 Å². The van der Waals surface area contributed by atoms with Crippen molar-refractivity contribution in [1.82, 2.24) is 0 Å². The summed E-state index contributed by atoms with van der Waals surface area (Å²) in [4.78, 5) is 0. The van der Waals surface area contributed by atoms with Crippen molar-refractivity contribution < 1.29 is 4.74 Å². The summed E-state index contributed by atoms with van der Waals surface area (Å²) < 4.78 is 5.39. The zero-order valence-corrected chi connectivity index (χ0v) is 6.50. The molecule has 0 atom stereocenters. The zero-order chi connectivity index (χ0) is 7.68. The number of hydrogen-bond donors (Lipinski definition) is 0. The molecular formula is C10H10O. The maximum absolute atomic E-state index is 5.39. The molecule has 2 rings (SSSR count). The molecule has 0 amide bonds. The molecule has 0 aliphatic carbocycles. The van der Waals surface area contributed by atoms with Crippen LogP contribution in [-0.2, 0) is 0 Å². The predicted octanol–water partition coefficient (Wildman–Crippen LogP) is 2.40. The lowest BCUT2D eigenvalue weighted by atomic mass is 10.1. The third-order valence-corrected chi connectivity index (χ3v) is 1.80. The Hall–Kier alpha value is -1.24. The van der Waals surface area contributed by atoms with Crippen molar-refractivity contribution in [3.8, 4) is 5.75 Å². The molecule has 1 aliphatic rings. The number of ether oxygens (including phenoxy) is 1. The van der Waals surface area contributed by atoms with Crippen LogP contribution in [-0.4, -0.2) is 6.61 Å². The average molecular weight is 146 g/mol. The highest BCUT2D eigenvalue weighted by Gasteiger charge is 2.03. The van der Waals surface area contributed by atoms with Crippen molar-refractivity contribution in [2.24, 2.45) is 0 Å². The standard InChI is InChI=1S/C10H10O/c1-8-4-5-10-9(7-8)3-2-6-11-10/h2-5,7H,6H2,1H3. The minimum Gasteiger partial charge on any atom is -0.489 e. The molecule has 1 heteroatoms. The Kier molecular flexibility index (Phi) is 1.42. The van der Waals surface area contributed by atoms with E-state index in [1.54, 1.807) is 0 Å². The fourth-order valence-electron chi connectivity index (χ4n) is 1.24. The number of rotatable bonds is 0. The van der Waals surface area contributed by atoms with Gasteiger partial charge in [-0.2, -0.15) is 0 Å². The van der Waals surface area contributed by atoms with E-state index in [1.165, 1.54) is 11.1 Å². The molecule has 1 aromatic carbocycles. The molecule has 1 aromatic rings. The fraction of sp³-hybridized carbons (Fsp3) is 0.200. The first kappa shape index (κ1) is 6.47. The Labute approximate surface area is 66.3 Å². The quantitative estimate of drug-likeness (QED) is 0.546. The summed E-state index contributed by atoms with van der Waals surface area (Å²) in [7, 11) is 0. The lowest BCUT2D eigenvalue weighted by molar-refractivity contribution is 0.358. The molecule has 0 radical (unpaired) electrons. The van der Waals surface area contributed by atoms with Gasteiger partial charge in [0, 0.05) is 5.56 Å². The topological polar surface area (TPSA) is 9.23 Å². The van der Waals surface area contributed by atoms with E-state index < -0.39 is 0 Å². The molecule has 0 spiro atoms. The van der Waals surface area contributed by atoms with Crippen LogP contribution >= 0.6 is 0 Å². The van der Waals surface area contributed by atoms with Gasteiger partial charge in [0.05, 0.1) is 0 Å². The monoisotopic (exact) mass is 146 g/mol. The third kappa shape index (κ3) is 1.14. The maximum Gasteiger partial charge on any atom is 0.127 e. The molecular weight excluding hydrogens is 136 g/mol. The molecule has 11 heavy (non-hydrogen) atoms. The number of benzene rings is 1. The predicted molar refractivity (Wildman–Crippen MR) is 45.7 cm³/mol. The van der Waals surface area contributed by atoms with Crippen LogP contribution < -0.4 is 4.74 Å². The number of aryl methyl sites for hydroxylation is 1. The van der Waals surface area contributed by atoms with Crippen molar-refractivity contribution in [2.75, 3.05) is 6.61 Å². The van der Waals surface area contributed by atoms with Crippen LogP contribution in [0.1, 0.15) is 11.1 Å². The van der Waals surface area contributed by atoms with E-state index >= 15 is 0 Å². The first-order valence-corrected chi connectivity index (χ1v) is 3.76. The Morgan fingerprint density at radius 2 is 2.27 bits per heavy atom. The molecule has 1 aliphatic heterocycles. The van der Waals surface area contributed by atoms with E-state index in [0.29, 0.717) is 6.61 Å². The van der Waals surface area contributed by atoms with Crippen molar-refractivity contribution in [1.29, 1.82) is 0 Å². The minimum atomic E-state index is 0.704. The number of hydrogen-bond acceptors (Lipinski definition) is 1. The summed E-state index contributed by atoms with van der Waals surface area (Å²) >= 11 is 0. The summed E-state index contributed by atoms with van der Waals surface area (Å²) in [6.07, 6.45) is 4.13. The second-order valence-electron chi connectivity index (χ2n) is 2.75. The zero-order valence-electron chi connectivity index (χ0n) is 6.50. The molecule has 0 N–H and O–H groups in total. The third-order valence-electron chi connectivity index (χ3n) is 1.80. The fourth-order valence-corrected chi connectivity index (χ4v) is 1.24. The van der Waals surface area contributed by atoms with Gasteiger partial charge in [0.2, 0.25) is 0 Å². The van der Waals surface area contributed by atoms with Crippen LogP contribution in [0.3, 0.4) is 0 Å². The maximum atomic E-state index is 5.39. The molecule has 0 bridgehead atoms. The highest BCUT2D eigenvalue weighted by atomic mass is 16.5. The van der Waals surface area contributed by atoms with E-state index in [-0.39, 0.29) is 0 Å². The first-order chi connectivity index (χ1) is 5.36. The Morgan fingerprint density at radius 3 is 3.18 bits per heavy atom. The van der Waals surface area contributed by atoms with Gasteiger partial charge in [-0.15, -0.1) is 0 Å². The Bertz CT molecular complexity index is 300. The lowest BCUT2D eigenvalue weighted by Gasteiger charge is -2.11. The summed E-state index contributed by atoms with van der Waals surface area (Å²) in [5, 5.41) is 0. The van der Waals surface area contributed by atoms with E-state index in [4.69, 9.17) is 4.74 Å². The second kappa shape index (κ2) is 2.42. The highest BCUT2D eigenvalue weighted by molar-refractivity contribution is 5.60. The summed E-state index contributed by atoms with van der Waals surface area (Å²) in [5.41, 5.74) is 2.47. The van der Waals surface area contributed by atoms with Gasteiger partial charge >= 0.3 is 0 Å². The van der Waals surface area contributed by atoms with Crippen molar-refractivity contribution >= 4 is 6.08 Å². The van der Waals surface area contributed by atoms with Crippen LogP contribution in [0.4, 0.5) is 0 Å². The van der Waals surface area contributed by atoms with Gasteiger partial charge < -0.3 is 4.74 Å². The van der Waals surface area contributed by atoms with Crippen LogP contribution in [0.25, 0.3) is 6.08 Å². The summed E-state index contributed by atoms with van der Waals surface area (Å²) in [6.45, 7) is 2.79. The Morgan fingerprint density at radius 1 is 1.36 bits per heavy atom. The second-order valence-corrected chi connectivity index (χ2v) is 2.75. The molecule has 0 saturated heterocycles. The molecule has 0 saturated carbocycles. The van der Waals surface area contributed by atoms with Crippen molar-refractivity contribution in [3.63, 3.8) is 0 Å². The molecule has 1 nitrogen and oxygen atoms in total. The molecule has 0 fully saturated rings. The summed E-state index contributed by atoms with van der Waals surface area (Å²) in [6, 6.07) is 6.22. The van der Waals surface area contributed by atoms with Gasteiger partial charge in [0.25, 0.3) is 0 Å². The molecule has 1 heterocycles. The number of fused-ring (bicyclic) bond motifs is 1. The van der Waals surface area contributed by atoms with E-state index in [2.05, 4.69) is 25.1 Å². The van der Waals surface area contributed by atoms with Crippen LogP contribution in [0.2, 0.25) is 0 Å². The SMILES string of the molecule is Cc1ccc2c(c1)C=CCO2. The van der Waals surface area contributed by atoms with Gasteiger partial charge in [-0.3, -0.25) is 0 Å². The normalized spacial score (nSPS) is 13.9. The highest BCUT2D eigenvalue weighted by Crippen LogP contribution is 2.23. The average Bonchev–Trinajstić information content (AvgIpc) is 2.04. The molecule has 0 aromatic heterocycles. The van der Waals surface area contributed by atoms with Gasteiger partial charge in [0.15, 0.2) is 0 Å². The molecule has 0 unspecified atom stereocenters. The smallest absolute Gasteiger partial charge is 0.127 e. The van der Waals surface area contributed by atoms with Gasteiger partial charge in [-0.25, -0.2) is 0 Å². The van der Waals surface area contributed by atoms with Gasteiger partial charge in [-0.05, 0) is 25.1 Å². The van der Waals surface area contributed by atoms with Crippen LogP contribution in [0.5, 0.6) is 5.75 Å². The summed E-state index contributed by atoms with van der Waals surface area (Å²) in [5.74, 6) is 0.998. The van der Waals surface area contributed by atoms with Crippen molar-refractivity contribution in [3.05, 3.63) is 35.4 Å². The van der Waals surface area contributed by atoms with E-state index in [1.807, 2.05) is 12.1 Å². The lowest BCUT2D eigenvalue weighted by Crippen LogP contribution is -1.99. The Balaban J connectivity index is 2.54.